The number of ether oxygens (including phenoxy) is 2. The highest BCUT2D eigenvalue weighted by molar-refractivity contribution is 6.30. The Morgan fingerprint density at radius 2 is 2.04 bits per heavy atom. The number of methoxy groups -OCH3 is 2. The molecule has 148 valence electrons. The molecule has 1 unspecified atom stereocenters. The number of nitrogens with one attached hydrogen (secondary N) is 2. The van der Waals surface area contributed by atoms with Crippen molar-refractivity contribution in [3.63, 3.8) is 0 Å². The van der Waals surface area contributed by atoms with Gasteiger partial charge in [-0.2, -0.15) is 0 Å². The SMILES string of the molecule is COc1ccc(OC)c(C(O)CNC(=O)NCc2cn3cc(Cl)ccc3n2)c1. The van der Waals surface area contributed by atoms with Crippen molar-refractivity contribution in [1.29, 1.82) is 0 Å². The van der Waals surface area contributed by atoms with Gasteiger partial charge in [0.15, 0.2) is 0 Å². The lowest BCUT2D eigenvalue weighted by molar-refractivity contribution is 0.169. The van der Waals surface area contributed by atoms with Crippen molar-refractivity contribution in [2.24, 2.45) is 0 Å². The van der Waals surface area contributed by atoms with Gasteiger partial charge >= 0.3 is 6.03 Å². The van der Waals surface area contributed by atoms with E-state index in [2.05, 4.69) is 15.6 Å². The van der Waals surface area contributed by atoms with Crippen LogP contribution < -0.4 is 20.1 Å². The number of aliphatic hydroxyl groups is 1. The minimum absolute atomic E-state index is 0.0101. The Labute approximate surface area is 167 Å². The molecule has 3 rings (SSSR count). The highest BCUT2D eigenvalue weighted by Gasteiger charge is 2.16. The molecule has 2 heterocycles. The van der Waals surface area contributed by atoms with Gasteiger partial charge in [-0.15, -0.1) is 0 Å². The lowest BCUT2D eigenvalue weighted by Crippen LogP contribution is -2.37. The van der Waals surface area contributed by atoms with E-state index < -0.39 is 12.1 Å². The summed E-state index contributed by atoms with van der Waals surface area (Å²) in [5.74, 6) is 1.10. The number of urea groups is 1. The number of aliphatic hydroxyl groups excluding tert-OH is 1. The van der Waals surface area contributed by atoms with Crippen LogP contribution in [0.15, 0.2) is 42.7 Å². The Balaban J connectivity index is 1.55. The number of amides is 2. The van der Waals surface area contributed by atoms with E-state index in [1.807, 2.05) is 0 Å². The molecule has 9 heteroatoms. The fourth-order valence-corrected chi connectivity index (χ4v) is 2.90. The van der Waals surface area contributed by atoms with Crippen molar-refractivity contribution in [1.82, 2.24) is 20.0 Å². The lowest BCUT2D eigenvalue weighted by Gasteiger charge is -2.16. The molecular formula is C19H21ClN4O4. The predicted octanol–water partition coefficient (Wildman–Crippen LogP) is 2.54. The van der Waals surface area contributed by atoms with Gasteiger partial charge < -0.3 is 29.6 Å². The third kappa shape index (κ3) is 4.65. The monoisotopic (exact) mass is 404 g/mol. The van der Waals surface area contributed by atoms with Gasteiger partial charge in [0.2, 0.25) is 0 Å². The van der Waals surface area contributed by atoms with Gasteiger partial charge in [0.05, 0.1) is 31.5 Å². The predicted molar refractivity (Wildman–Crippen MR) is 105 cm³/mol. The van der Waals surface area contributed by atoms with Crippen LogP contribution in [0.1, 0.15) is 17.4 Å². The standard InChI is InChI=1S/C19H21ClN4O4/c1-27-14-4-5-17(28-2)15(7-14)16(25)9-22-19(26)21-8-13-11-24-10-12(20)3-6-18(24)23-13/h3-7,10-11,16,25H,8-9H2,1-2H3,(H2,21,22,26). The number of imidazole rings is 1. The van der Waals surface area contributed by atoms with Gasteiger partial charge in [-0.1, -0.05) is 11.6 Å². The van der Waals surface area contributed by atoms with Gasteiger partial charge in [-0.05, 0) is 30.3 Å². The van der Waals surface area contributed by atoms with Gasteiger partial charge in [-0.25, -0.2) is 9.78 Å². The van der Waals surface area contributed by atoms with E-state index in [4.69, 9.17) is 21.1 Å². The maximum Gasteiger partial charge on any atom is 0.315 e. The number of benzene rings is 1. The molecule has 0 bridgehead atoms. The van der Waals surface area contributed by atoms with Gasteiger partial charge in [0, 0.05) is 24.5 Å². The average molecular weight is 405 g/mol. The summed E-state index contributed by atoms with van der Waals surface area (Å²) in [7, 11) is 3.05. The molecule has 0 saturated heterocycles. The Bertz CT molecular complexity index is 976. The second-order valence-electron chi connectivity index (χ2n) is 6.03. The molecular weight excluding hydrogens is 384 g/mol. The molecule has 2 amide bonds. The zero-order chi connectivity index (χ0) is 20.1. The molecule has 0 spiro atoms. The van der Waals surface area contributed by atoms with E-state index in [0.717, 1.165) is 5.65 Å². The van der Waals surface area contributed by atoms with Crippen LogP contribution in [-0.4, -0.2) is 41.3 Å². The molecule has 0 saturated carbocycles. The molecule has 0 fully saturated rings. The quantitative estimate of drug-likeness (QED) is 0.562. The Morgan fingerprint density at radius 3 is 2.79 bits per heavy atom. The Morgan fingerprint density at radius 1 is 1.21 bits per heavy atom. The first-order chi connectivity index (χ1) is 13.5. The van der Waals surface area contributed by atoms with E-state index >= 15 is 0 Å². The number of pyridine rings is 1. The van der Waals surface area contributed by atoms with Crippen LogP contribution in [0.2, 0.25) is 5.02 Å². The fraction of sp³-hybridized carbons (Fsp3) is 0.263. The second kappa shape index (κ2) is 8.81. The zero-order valence-corrected chi connectivity index (χ0v) is 16.2. The molecule has 0 aliphatic heterocycles. The largest absolute Gasteiger partial charge is 0.497 e. The van der Waals surface area contributed by atoms with Crippen LogP contribution in [0.4, 0.5) is 4.79 Å². The van der Waals surface area contributed by atoms with E-state index in [1.54, 1.807) is 47.1 Å². The third-order valence-electron chi connectivity index (χ3n) is 4.15. The molecule has 1 aromatic carbocycles. The van der Waals surface area contributed by atoms with Crippen LogP contribution in [0.5, 0.6) is 11.5 Å². The average Bonchev–Trinajstić information content (AvgIpc) is 3.11. The van der Waals surface area contributed by atoms with Crippen LogP contribution in [-0.2, 0) is 6.54 Å². The van der Waals surface area contributed by atoms with Crippen LogP contribution in [0.25, 0.3) is 5.65 Å². The van der Waals surface area contributed by atoms with E-state index in [0.29, 0.717) is 27.8 Å². The van der Waals surface area contributed by atoms with Crippen LogP contribution in [0, 0.1) is 0 Å². The number of rotatable bonds is 7. The van der Waals surface area contributed by atoms with Crippen molar-refractivity contribution in [2.45, 2.75) is 12.6 Å². The normalized spacial score (nSPS) is 11.9. The molecule has 8 nitrogen and oxygen atoms in total. The summed E-state index contributed by atoms with van der Waals surface area (Å²) in [6.07, 6.45) is 2.58. The second-order valence-corrected chi connectivity index (χ2v) is 6.47. The van der Waals surface area contributed by atoms with Crippen molar-refractivity contribution in [3.05, 3.63) is 59.0 Å². The summed E-state index contributed by atoms with van der Waals surface area (Å²) >= 11 is 5.95. The van der Waals surface area contributed by atoms with Crippen molar-refractivity contribution in [3.8, 4) is 11.5 Å². The van der Waals surface area contributed by atoms with Gasteiger partial charge in [0.1, 0.15) is 23.3 Å². The van der Waals surface area contributed by atoms with Crippen molar-refractivity contribution < 1.29 is 19.4 Å². The Hall–Kier alpha value is -2.97. The number of aromatic nitrogens is 2. The summed E-state index contributed by atoms with van der Waals surface area (Å²) < 4.78 is 12.2. The summed E-state index contributed by atoms with van der Waals surface area (Å²) in [5, 5.41) is 16.3. The third-order valence-corrected chi connectivity index (χ3v) is 4.37. The smallest absolute Gasteiger partial charge is 0.315 e. The molecule has 1 atom stereocenters. The van der Waals surface area contributed by atoms with Crippen LogP contribution >= 0.6 is 11.6 Å². The maximum absolute atomic E-state index is 12.1. The first kappa shape index (κ1) is 19.8. The number of hydrogen-bond donors (Lipinski definition) is 3. The van der Waals surface area contributed by atoms with E-state index in [9.17, 15) is 9.90 Å². The molecule has 2 aromatic heterocycles. The topological polar surface area (TPSA) is 97.1 Å². The zero-order valence-electron chi connectivity index (χ0n) is 15.5. The number of fused-ring (bicyclic) bond motifs is 1. The number of nitrogens with zero attached hydrogens (tertiary/aromatic N) is 2. The van der Waals surface area contributed by atoms with Gasteiger partial charge in [0.25, 0.3) is 0 Å². The van der Waals surface area contributed by atoms with Gasteiger partial charge in [-0.3, -0.25) is 0 Å². The van der Waals surface area contributed by atoms with E-state index in [-0.39, 0.29) is 13.1 Å². The van der Waals surface area contributed by atoms with Crippen molar-refractivity contribution >= 4 is 23.3 Å². The minimum atomic E-state index is -0.951. The molecule has 3 aromatic rings. The van der Waals surface area contributed by atoms with E-state index in [1.165, 1.54) is 14.2 Å². The van der Waals surface area contributed by atoms with Crippen molar-refractivity contribution in [2.75, 3.05) is 20.8 Å². The molecule has 3 N–H and O–H groups in total. The first-order valence-corrected chi connectivity index (χ1v) is 8.92. The summed E-state index contributed by atoms with van der Waals surface area (Å²) in [4.78, 5) is 16.4. The maximum atomic E-state index is 12.1. The number of hydrogen-bond acceptors (Lipinski definition) is 5. The summed E-state index contributed by atoms with van der Waals surface area (Å²) in [6.45, 7) is 0.250. The lowest BCUT2D eigenvalue weighted by atomic mass is 10.1. The number of carbonyl (C=O) groups is 1. The highest BCUT2D eigenvalue weighted by Crippen LogP contribution is 2.29. The number of carbonyl (C=O) groups excluding carboxylic acids is 1. The summed E-state index contributed by atoms with van der Waals surface area (Å²) in [5.41, 5.74) is 1.95. The minimum Gasteiger partial charge on any atom is -0.497 e. The Kier molecular flexibility index (Phi) is 6.23. The molecule has 28 heavy (non-hydrogen) atoms. The molecule has 0 aliphatic carbocycles. The molecule has 0 aliphatic rings. The molecule has 0 radical (unpaired) electrons. The number of halogens is 1. The summed E-state index contributed by atoms with van der Waals surface area (Å²) in [6, 6.07) is 8.23. The highest BCUT2D eigenvalue weighted by atomic mass is 35.5. The first-order valence-electron chi connectivity index (χ1n) is 8.55. The fourth-order valence-electron chi connectivity index (χ4n) is 2.73. The van der Waals surface area contributed by atoms with Crippen LogP contribution in [0.3, 0.4) is 0 Å².